The second-order valence-electron chi connectivity index (χ2n) is 9.99. The number of likely N-dealkylation sites (tertiary alicyclic amines) is 1. The number of benzene rings is 1. The van der Waals surface area contributed by atoms with E-state index in [-0.39, 0.29) is 12.0 Å². The smallest absolute Gasteiger partial charge is 0.407 e. The van der Waals surface area contributed by atoms with Crippen LogP contribution in [0.5, 0.6) is 0 Å². The van der Waals surface area contributed by atoms with Crippen LogP contribution in [0.3, 0.4) is 0 Å². The van der Waals surface area contributed by atoms with Crippen LogP contribution in [0.4, 0.5) is 16.4 Å². The summed E-state index contributed by atoms with van der Waals surface area (Å²) in [6.07, 6.45) is -0.289. The molecule has 8 nitrogen and oxygen atoms in total. The van der Waals surface area contributed by atoms with Crippen LogP contribution in [-0.2, 0) is 24.9 Å². The van der Waals surface area contributed by atoms with Gasteiger partial charge in [-0.1, -0.05) is 32.9 Å². The number of hydrogen-bond acceptors (Lipinski definition) is 6. The molecule has 1 aromatic heterocycles. The van der Waals surface area contributed by atoms with Crippen LogP contribution in [0.2, 0.25) is 0 Å². The summed E-state index contributed by atoms with van der Waals surface area (Å²) in [5, 5.41) is 22.6. The first kappa shape index (κ1) is 21.5. The lowest BCUT2D eigenvalue weighted by Gasteiger charge is -2.44. The zero-order valence-electron chi connectivity index (χ0n) is 18.6. The number of nitrogens with one attached hydrogen (secondary N) is 1. The number of rotatable bonds is 4. The average molecular weight is 426 g/mol. The Bertz CT molecular complexity index is 974. The van der Waals surface area contributed by atoms with Gasteiger partial charge < -0.3 is 20.4 Å². The molecule has 0 radical (unpaired) electrons. The van der Waals surface area contributed by atoms with Crippen molar-refractivity contribution in [2.75, 3.05) is 25.0 Å². The van der Waals surface area contributed by atoms with Gasteiger partial charge in [-0.25, -0.2) is 14.8 Å². The first-order chi connectivity index (χ1) is 14.5. The van der Waals surface area contributed by atoms with Crippen molar-refractivity contribution in [3.8, 4) is 0 Å². The number of hydrogen-bond donors (Lipinski definition) is 3. The van der Waals surface area contributed by atoms with Gasteiger partial charge in [0.15, 0.2) is 0 Å². The van der Waals surface area contributed by atoms with Crippen molar-refractivity contribution >= 4 is 17.7 Å². The molecule has 4 rings (SSSR count). The highest BCUT2D eigenvalue weighted by molar-refractivity contribution is 5.65. The normalized spacial score (nSPS) is 18.3. The van der Waals surface area contributed by atoms with Crippen molar-refractivity contribution in [3.05, 3.63) is 46.8 Å². The minimum Gasteiger partial charge on any atom is -0.465 e. The highest BCUT2D eigenvalue weighted by Gasteiger charge is 2.36. The molecule has 31 heavy (non-hydrogen) atoms. The van der Waals surface area contributed by atoms with Crippen molar-refractivity contribution in [1.29, 1.82) is 0 Å². The molecule has 0 spiro atoms. The fraction of sp³-hybridized carbons (Fsp3) is 0.522. The van der Waals surface area contributed by atoms with E-state index in [2.05, 4.69) is 48.1 Å². The average Bonchev–Trinajstić information content (AvgIpc) is 2.66. The molecule has 0 atom stereocenters. The Labute approximate surface area is 182 Å². The van der Waals surface area contributed by atoms with Gasteiger partial charge >= 0.3 is 6.09 Å². The van der Waals surface area contributed by atoms with Gasteiger partial charge in [0, 0.05) is 37.3 Å². The summed E-state index contributed by atoms with van der Waals surface area (Å²) in [7, 11) is 0. The van der Waals surface area contributed by atoms with Crippen molar-refractivity contribution in [1.82, 2.24) is 19.8 Å². The van der Waals surface area contributed by atoms with Crippen molar-refractivity contribution < 1.29 is 15.0 Å². The van der Waals surface area contributed by atoms with Crippen LogP contribution < -0.4 is 5.32 Å². The Hall–Kier alpha value is -2.71. The zero-order valence-corrected chi connectivity index (χ0v) is 18.6. The fourth-order valence-corrected chi connectivity index (χ4v) is 4.38. The quantitative estimate of drug-likeness (QED) is 0.692. The molecule has 3 heterocycles. The molecule has 2 aliphatic heterocycles. The second-order valence-corrected chi connectivity index (χ2v) is 9.99. The van der Waals surface area contributed by atoms with Gasteiger partial charge in [-0.05, 0) is 36.6 Å². The highest BCUT2D eigenvalue weighted by atomic mass is 16.4. The summed E-state index contributed by atoms with van der Waals surface area (Å²) in [5.74, 6) is 0.488. The van der Waals surface area contributed by atoms with E-state index in [1.54, 1.807) is 0 Å². The summed E-state index contributed by atoms with van der Waals surface area (Å²) >= 11 is 0. The fourth-order valence-electron chi connectivity index (χ4n) is 4.38. The maximum Gasteiger partial charge on any atom is 0.407 e. The van der Waals surface area contributed by atoms with Gasteiger partial charge in [0.25, 0.3) is 0 Å². The standard InChI is InChI=1S/C23H31N5O3/c1-22(2,3)19-17-9-10-28(21(29)30)12-18(17)25-20(26-19)24-16-7-5-15(6-8-16)11-27-13-23(4,31)14-27/h5-8,31H,9-14H2,1-4H3,(H,29,30)(H,24,25,26). The third kappa shape index (κ3) is 4.80. The molecular weight excluding hydrogens is 394 g/mol. The molecule has 2 aliphatic rings. The van der Waals surface area contributed by atoms with E-state index in [4.69, 9.17) is 4.98 Å². The monoisotopic (exact) mass is 425 g/mol. The summed E-state index contributed by atoms with van der Waals surface area (Å²) < 4.78 is 0. The number of aliphatic hydroxyl groups is 1. The van der Waals surface area contributed by atoms with E-state index >= 15 is 0 Å². The Morgan fingerprint density at radius 3 is 2.45 bits per heavy atom. The number of amides is 1. The number of β-amino-alcohol motifs (C(OH)–C–C–N with tert-alkyl or cyclic N) is 1. The van der Waals surface area contributed by atoms with Gasteiger partial charge in [-0.2, -0.15) is 0 Å². The molecule has 0 saturated carbocycles. The number of fused-ring (bicyclic) bond motifs is 1. The lowest BCUT2D eigenvalue weighted by Crippen LogP contribution is -2.59. The lowest BCUT2D eigenvalue weighted by molar-refractivity contribution is -0.0871. The Morgan fingerprint density at radius 1 is 1.19 bits per heavy atom. The van der Waals surface area contributed by atoms with Crippen LogP contribution in [-0.4, -0.2) is 61.3 Å². The van der Waals surface area contributed by atoms with Gasteiger partial charge in [-0.3, -0.25) is 4.90 Å². The first-order valence-corrected chi connectivity index (χ1v) is 10.7. The highest BCUT2D eigenvalue weighted by Crippen LogP contribution is 2.31. The van der Waals surface area contributed by atoms with Crippen LogP contribution in [0.1, 0.15) is 50.2 Å². The van der Waals surface area contributed by atoms with E-state index in [1.165, 1.54) is 10.5 Å². The second kappa shape index (κ2) is 7.76. The zero-order chi connectivity index (χ0) is 22.4. The molecule has 0 bridgehead atoms. The minimum absolute atomic E-state index is 0.170. The summed E-state index contributed by atoms with van der Waals surface area (Å²) in [6.45, 7) is 11.2. The van der Waals surface area contributed by atoms with Crippen molar-refractivity contribution in [2.24, 2.45) is 0 Å². The van der Waals surface area contributed by atoms with E-state index in [0.717, 1.165) is 29.2 Å². The third-order valence-corrected chi connectivity index (χ3v) is 5.79. The van der Waals surface area contributed by atoms with Gasteiger partial charge in [0.2, 0.25) is 5.95 Å². The molecule has 1 amide bonds. The Morgan fingerprint density at radius 2 is 1.87 bits per heavy atom. The van der Waals surface area contributed by atoms with E-state index in [0.29, 0.717) is 32.0 Å². The Balaban J connectivity index is 1.53. The summed E-state index contributed by atoms with van der Waals surface area (Å²) in [5.41, 5.74) is 4.13. The van der Waals surface area contributed by atoms with Crippen molar-refractivity contribution in [2.45, 2.75) is 58.2 Å². The van der Waals surface area contributed by atoms with Crippen LogP contribution >= 0.6 is 0 Å². The van der Waals surface area contributed by atoms with Crippen LogP contribution in [0.15, 0.2) is 24.3 Å². The number of nitrogens with zero attached hydrogens (tertiary/aromatic N) is 4. The lowest BCUT2D eigenvalue weighted by atomic mass is 9.86. The van der Waals surface area contributed by atoms with E-state index in [1.807, 2.05) is 19.1 Å². The molecule has 166 valence electrons. The molecule has 1 fully saturated rings. The Kier molecular flexibility index (Phi) is 5.39. The predicted octanol–water partition coefficient (Wildman–Crippen LogP) is 3.12. The van der Waals surface area contributed by atoms with E-state index < -0.39 is 11.7 Å². The molecular formula is C23H31N5O3. The first-order valence-electron chi connectivity index (χ1n) is 10.7. The van der Waals surface area contributed by atoms with Gasteiger partial charge in [-0.15, -0.1) is 0 Å². The molecule has 0 unspecified atom stereocenters. The minimum atomic E-state index is -0.921. The van der Waals surface area contributed by atoms with Crippen LogP contribution in [0.25, 0.3) is 0 Å². The topological polar surface area (TPSA) is 102 Å². The largest absolute Gasteiger partial charge is 0.465 e. The van der Waals surface area contributed by atoms with Gasteiger partial charge in [0.1, 0.15) is 0 Å². The number of carbonyl (C=O) groups is 1. The van der Waals surface area contributed by atoms with Crippen LogP contribution in [0, 0.1) is 0 Å². The molecule has 2 aromatic rings. The maximum atomic E-state index is 11.4. The number of anilines is 2. The van der Waals surface area contributed by atoms with Gasteiger partial charge in [0.05, 0.1) is 23.5 Å². The number of carboxylic acid groups (broad SMARTS) is 1. The maximum absolute atomic E-state index is 11.4. The van der Waals surface area contributed by atoms with Crippen molar-refractivity contribution in [3.63, 3.8) is 0 Å². The SMILES string of the molecule is CC1(O)CN(Cc2ccc(Nc3nc4c(c(C(C)(C)C)n3)CCN(C(=O)O)C4)cc2)C1. The molecule has 8 heteroatoms. The molecule has 1 saturated heterocycles. The predicted molar refractivity (Wildman–Crippen MR) is 118 cm³/mol. The number of aromatic nitrogens is 2. The summed E-state index contributed by atoms with van der Waals surface area (Å²) in [6, 6.07) is 8.11. The molecule has 3 N–H and O–H groups in total. The third-order valence-electron chi connectivity index (χ3n) is 5.79. The van der Waals surface area contributed by atoms with E-state index in [9.17, 15) is 15.0 Å². The molecule has 0 aliphatic carbocycles. The molecule has 1 aromatic carbocycles. The summed E-state index contributed by atoms with van der Waals surface area (Å²) in [4.78, 5) is 24.5.